The number of nitrogens with zero attached hydrogens (tertiary/aromatic N) is 2. The van der Waals surface area contributed by atoms with Gasteiger partial charge in [0.2, 0.25) is 0 Å². The third-order valence-corrected chi connectivity index (χ3v) is 5.67. The number of hydrogen-bond donors (Lipinski definition) is 2. The molecule has 0 aromatic heterocycles. The molecule has 1 heterocycles. The minimum Gasteiger partial charge on any atom is -0.394 e. The van der Waals surface area contributed by atoms with Gasteiger partial charge in [0.1, 0.15) is 0 Å². The maximum Gasteiger partial charge on any atom is 0.289 e. The van der Waals surface area contributed by atoms with E-state index in [2.05, 4.69) is 5.32 Å². The first-order valence-corrected chi connectivity index (χ1v) is 7.85. The molecule has 1 saturated heterocycles. The van der Waals surface area contributed by atoms with Crippen molar-refractivity contribution >= 4 is 15.7 Å². The summed E-state index contributed by atoms with van der Waals surface area (Å²) in [4.78, 5) is 9.98. The number of nitrogens with one attached hydrogen (secondary N) is 1. The van der Waals surface area contributed by atoms with Gasteiger partial charge in [0.05, 0.1) is 17.1 Å². The van der Waals surface area contributed by atoms with Gasteiger partial charge in [-0.05, 0) is 13.0 Å². The number of benzene rings is 1. The Kier molecular flexibility index (Phi) is 4.28. The topological polar surface area (TPSA) is 113 Å². The van der Waals surface area contributed by atoms with E-state index in [9.17, 15) is 23.6 Å². The molecule has 1 unspecified atom stereocenters. The van der Waals surface area contributed by atoms with E-state index >= 15 is 0 Å². The molecule has 1 aromatic rings. The Bertz CT molecular complexity index is 648. The van der Waals surface area contributed by atoms with Crippen molar-refractivity contribution in [2.75, 3.05) is 26.2 Å². The maximum absolute atomic E-state index is 12.8. The van der Waals surface area contributed by atoms with Crippen LogP contribution in [0.2, 0.25) is 0 Å². The summed E-state index contributed by atoms with van der Waals surface area (Å²) < 4.78 is 26.7. The van der Waals surface area contributed by atoms with Crippen molar-refractivity contribution < 1.29 is 18.4 Å². The second-order valence-electron chi connectivity index (χ2n) is 5.13. The van der Waals surface area contributed by atoms with Gasteiger partial charge in [-0.2, -0.15) is 4.31 Å². The molecule has 8 nitrogen and oxygen atoms in total. The quantitative estimate of drug-likeness (QED) is 0.594. The molecule has 1 atom stereocenters. The number of sulfonamides is 1. The number of hydrogen-bond acceptors (Lipinski definition) is 6. The molecule has 9 heteroatoms. The van der Waals surface area contributed by atoms with Gasteiger partial charge in [-0.15, -0.1) is 0 Å². The summed E-state index contributed by atoms with van der Waals surface area (Å²) in [5.74, 6) is 0. The fraction of sp³-hybridized carbons (Fsp3) is 0.500. The molecule has 0 amide bonds. The highest BCUT2D eigenvalue weighted by atomic mass is 32.2. The second-order valence-corrected chi connectivity index (χ2v) is 6.96. The molecule has 0 radical (unpaired) electrons. The predicted octanol–water partition coefficient (Wildman–Crippen LogP) is -0.0603. The summed E-state index contributed by atoms with van der Waals surface area (Å²) in [6.07, 6.45) is 0. The lowest BCUT2D eigenvalue weighted by Crippen LogP contribution is -2.63. The van der Waals surface area contributed by atoms with E-state index in [1.165, 1.54) is 18.2 Å². The first kappa shape index (κ1) is 15.8. The minimum atomic E-state index is -4.07. The Labute approximate surface area is 122 Å². The van der Waals surface area contributed by atoms with Gasteiger partial charge in [0, 0.05) is 25.7 Å². The van der Waals surface area contributed by atoms with Gasteiger partial charge in [-0.25, -0.2) is 8.42 Å². The SMILES string of the molecule is CC1(CO)CNCCN1S(=O)(=O)c1ccccc1[N+](=O)[O-]. The van der Waals surface area contributed by atoms with Crippen molar-refractivity contribution in [2.45, 2.75) is 17.4 Å². The van der Waals surface area contributed by atoms with E-state index < -0.39 is 26.2 Å². The zero-order valence-corrected chi connectivity index (χ0v) is 12.3. The van der Waals surface area contributed by atoms with Crippen LogP contribution < -0.4 is 5.32 Å². The maximum atomic E-state index is 12.8. The number of nitro benzene ring substituents is 1. The number of piperazine rings is 1. The van der Waals surface area contributed by atoms with Crippen LogP contribution in [0.4, 0.5) is 5.69 Å². The smallest absolute Gasteiger partial charge is 0.289 e. The summed E-state index contributed by atoms with van der Waals surface area (Å²) in [5.41, 5.74) is -1.49. The molecule has 0 bridgehead atoms. The van der Waals surface area contributed by atoms with Crippen molar-refractivity contribution in [3.8, 4) is 0 Å². The monoisotopic (exact) mass is 315 g/mol. The van der Waals surface area contributed by atoms with Gasteiger partial charge in [0.15, 0.2) is 4.90 Å². The van der Waals surface area contributed by atoms with E-state index in [1.54, 1.807) is 6.92 Å². The van der Waals surface area contributed by atoms with Crippen LogP contribution >= 0.6 is 0 Å². The van der Waals surface area contributed by atoms with Crippen LogP contribution in [0, 0.1) is 10.1 Å². The Balaban J connectivity index is 2.54. The van der Waals surface area contributed by atoms with Crippen LogP contribution in [0.1, 0.15) is 6.92 Å². The molecule has 116 valence electrons. The van der Waals surface area contributed by atoms with Crippen molar-refractivity contribution in [2.24, 2.45) is 0 Å². The largest absolute Gasteiger partial charge is 0.394 e. The highest BCUT2D eigenvalue weighted by Gasteiger charge is 2.44. The van der Waals surface area contributed by atoms with Crippen molar-refractivity contribution in [3.63, 3.8) is 0 Å². The average Bonchev–Trinajstić information content (AvgIpc) is 2.47. The first-order chi connectivity index (χ1) is 9.83. The van der Waals surface area contributed by atoms with Crippen LogP contribution in [0.3, 0.4) is 0 Å². The number of rotatable bonds is 4. The van der Waals surface area contributed by atoms with E-state index in [-0.39, 0.29) is 24.6 Å². The van der Waals surface area contributed by atoms with Gasteiger partial charge in [-0.1, -0.05) is 12.1 Å². The zero-order chi connectivity index (χ0) is 15.7. The number of aliphatic hydroxyl groups excluding tert-OH is 1. The lowest BCUT2D eigenvalue weighted by atomic mass is 10.0. The molecule has 1 aromatic carbocycles. The summed E-state index contributed by atoms with van der Waals surface area (Å²) in [6.45, 7) is 2.08. The molecule has 0 spiro atoms. The highest BCUT2D eigenvalue weighted by molar-refractivity contribution is 7.89. The Morgan fingerprint density at radius 3 is 2.76 bits per heavy atom. The van der Waals surface area contributed by atoms with Crippen LogP contribution in [-0.4, -0.2) is 54.5 Å². The van der Waals surface area contributed by atoms with Gasteiger partial charge in [-0.3, -0.25) is 10.1 Å². The molecular weight excluding hydrogens is 298 g/mol. The van der Waals surface area contributed by atoms with Gasteiger partial charge < -0.3 is 10.4 Å². The first-order valence-electron chi connectivity index (χ1n) is 6.41. The fourth-order valence-corrected chi connectivity index (χ4v) is 4.32. The van der Waals surface area contributed by atoms with E-state index in [1.807, 2.05) is 0 Å². The molecule has 1 aliphatic heterocycles. The second kappa shape index (κ2) is 5.68. The van der Waals surface area contributed by atoms with Crippen molar-refractivity contribution in [3.05, 3.63) is 34.4 Å². The van der Waals surface area contributed by atoms with Crippen LogP contribution in [0.5, 0.6) is 0 Å². The molecule has 2 rings (SSSR count). The van der Waals surface area contributed by atoms with E-state index in [4.69, 9.17) is 0 Å². The van der Waals surface area contributed by atoms with Gasteiger partial charge in [0.25, 0.3) is 15.7 Å². The number of para-hydroxylation sites is 1. The van der Waals surface area contributed by atoms with E-state index in [0.29, 0.717) is 6.54 Å². The predicted molar refractivity (Wildman–Crippen MR) is 75.3 cm³/mol. The molecule has 21 heavy (non-hydrogen) atoms. The van der Waals surface area contributed by atoms with Crippen LogP contribution in [-0.2, 0) is 10.0 Å². The van der Waals surface area contributed by atoms with Crippen molar-refractivity contribution in [1.29, 1.82) is 0 Å². The van der Waals surface area contributed by atoms with Crippen LogP contribution in [0.15, 0.2) is 29.2 Å². The fourth-order valence-electron chi connectivity index (χ4n) is 2.39. The summed E-state index contributed by atoms with van der Waals surface area (Å²) >= 11 is 0. The molecule has 1 aliphatic rings. The Morgan fingerprint density at radius 1 is 1.48 bits per heavy atom. The summed E-state index contributed by atoms with van der Waals surface area (Å²) in [7, 11) is -4.07. The molecule has 1 fully saturated rings. The minimum absolute atomic E-state index is 0.144. The summed E-state index contributed by atoms with van der Waals surface area (Å²) in [5, 5.41) is 23.6. The third kappa shape index (κ3) is 2.77. The average molecular weight is 315 g/mol. The third-order valence-electron chi connectivity index (χ3n) is 3.57. The van der Waals surface area contributed by atoms with E-state index in [0.717, 1.165) is 10.4 Å². The molecule has 2 N–H and O–H groups in total. The molecule has 0 aliphatic carbocycles. The normalized spacial score (nSPS) is 23.9. The molecule has 0 saturated carbocycles. The lowest BCUT2D eigenvalue weighted by Gasteiger charge is -2.42. The number of nitro groups is 1. The van der Waals surface area contributed by atoms with Crippen LogP contribution in [0.25, 0.3) is 0 Å². The molecular formula is C12H17N3O5S. The standard InChI is InChI=1S/C12H17N3O5S/c1-12(9-16)8-13-6-7-14(12)21(19,20)11-5-3-2-4-10(11)15(17)18/h2-5,13,16H,6-9H2,1H3. The zero-order valence-electron chi connectivity index (χ0n) is 11.5. The Morgan fingerprint density at radius 2 is 2.14 bits per heavy atom. The summed E-state index contributed by atoms with van der Waals surface area (Å²) in [6, 6.07) is 5.23. The number of aliphatic hydroxyl groups is 1. The highest BCUT2D eigenvalue weighted by Crippen LogP contribution is 2.31. The van der Waals surface area contributed by atoms with Crippen molar-refractivity contribution in [1.82, 2.24) is 9.62 Å². The van der Waals surface area contributed by atoms with Gasteiger partial charge >= 0.3 is 0 Å². The Hall–Kier alpha value is -1.55. The lowest BCUT2D eigenvalue weighted by molar-refractivity contribution is -0.387.